The molecule has 3 heterocycles. The van der Waals surface area contributed by atoms with Crippen LogP contribution in [0.5, 0.6) is 0 Å². The number of rotatable bonds is 8. The fourth-order valence-electron chi connectivity index (χ4n) is 5.84. The molecular formula is C35H38FN6O4+. The topological polar surface area (TPSA) is 106 Å². The summed E-state index contributed by atoms with van der Waals surface area (Å²) in [6.07, 6.45) is 5.03. The molecule has 5 amide bonds. The third kappa shape index (κ3) is 6.17. The number of nitrogens with zero attached hydrogens (tertiary/aromatic N) is 5. The van der Waals surface area contributed by atoms with Crippen LogP contribution >= 0.6 is 0 Å². The zero-order valence-electron chi connectivity index (χ0n) is 26.8. The first-order valence-electron chi connectivity index (χ1n) is 15.0. The second-order valence-corrected chi connectivity index (χ2v) is 12.5. The molecule has 0 spiro atoms. The molecule has 11 heteroatoms. The number of carbonyl (C=O) groups excluding carboxylic acids is 4. The first-order chi connectivity index (χ1) is 21.8. The molecule has 0 saturated carbocycles. The molecule has 46 heavy (non-hydrogen) atoms. The summed E-state index contributed by atoms with van der Waals surface area (Å²) in [6.45, 7) is 6.44. The molecule has 10 nitrogen and oxygen atoms in total. The number of amidine groups is 1. The van der Waals surface area contributed by atoms with Gasteiger partial charge in [-0.2, -0.15) is 4.90 Å². The molecule has 0 radical (unpaired) electrons. The number of urea groups is 1. The number of hydrogen-bond donors (Lipinski definition) is 1. The Morgan fingerprint density at radius 3 is 2.39 bits per heavy atom. The van der Waals surface area contributed by atoms with Crippen molar-refractivity contribution in [2.45, 2.75) is 38.6 Å². The Morgan fingerprint density at radius 1 is 1.04 bits per heavy atom. The van der Waals surface area contributed by atoms with Gasteiger partial charge in [0, 0.05) is 37.2 Å². The van der Waals surface area contributed by atoms with E-state index >= 15 is 0 Å². The molecule has 2 unspecified atom stereocenters. The smallest absolute Gasteiger partial charge is 0.354 e. The lowest BCUT2D eigenvalue weighted by Gasteiger charge is -2.32. The van der Waals surface area contributed by atoms with Crippen molar-refractivity contribution >= 4 is 35.3 Å². The summed E-state index contributed by atoms with van der Waals surface area (Å²) in [5, 5.41) is 2.93. The van der Waals surface area contributed by atoms with Crippen LogP contribution in [0.25, 0.3) is 0 Å². The van der Waals surface area contributed by atoms with Gasteiger partial charge in [-0.25, -0.2) is 18.7 Å². The van der Waals surface area contributed by atoms with Gasteiger partial charge in [0.05, 0.1) is 14.1 Å². The van der Waals surface area contributed by atoms with Crippen molar-refractivity contribution in [2.75, 3.05) is 32.6 Å². The van der Waals surface area contributed by atoms with Gasteiger partial charge in [-0.3, -0.25) is 24.3 Å². The van der Waals surface area contributed by atoms with Crippen molar-refractivity contribution in [3.05, 3.63) is 107 Å². The number of carbonyl (C=O) groups is 4. The van der Waals surface area contributed by atoms with Crippen molar-refractivity contribution in [3.8, 4) is 0 Å². The minimum Gasteiger partial charge on any atom is -0.354 e. The van der Waals surface area contributed by atoms with E-state index in [2.05, 4.69) is 31.1 Å². The molecule has 2 aliphatic rings. The van der Waals surface area contributed by atoms with Crippen molar-refractivity contribution in [2.24, 2.45) is 5.92 Å². The number of hydrogen-bond acceptors (Lipinski definition) is 5. The van der Waals surface area contributed by atoms with Gasteiger partial charge in [-0.15, -0.1) is 0 Å². The molecular weight excluding hydrogens is 587 g/mol. The first kappa shape index (κ1) is 32.2. The van der Waals surface area contributed by atoms with Gasteiger partial charge in [-0.05, 0) is 59.4 Å². The quantitative estimate of drug-likeness (QED) is 0.381. The van der Waals surface area contributed by atoms with E-state index < -0.39 is 35.7 Å². The third-order valence-electron chi connectivity index (χ3n) is 8.38. The van der Waals surface area contributed by atoms with Gasteiger partial charge in [0.1, 0.15) is 11.9 Å². The molecule has 2 atom stereocenters. The van der Waals surface area contributed by atoms with Crippen molar-refractivity contribution in [1.29, 1.82) is 0 Å². The van der Waals surface area contributed by atoms with E-state index in [9.17, 15) is 23.6 Å². The Balaban J connectivity index is 1.58. The second-order valence-electron chi connectivity index (χ2n) is 12.5. The predicted molar refractivity (Wildman–Crippen MR) is 171 cm³/mol. The summed E-state index contributed by atoms with van der Waals surface area (Å²) < 4.78 is 15.3. The fraction of sp³-hybridized carbons (Fsp3) is 0.314. The van der Waals surface area contributed by atoms with Crippen LogP contribution in [0.3, 0.4) is 0 Å². The number of anilines is 1. The van der Waals surface area contributed by atoms with Crippen LogP contribution in [0, 0.1) is 11.7 Å². The maximum absolute atomic E-state index is 14.7. The fourth-order valence-corrected chi connectivity index (χ4v) is 5.84. The average molecular weight is 626 g/mol. The van der Waals surface area contributed by atoms with Gasteiger partial charge in [0.25, 0.3) is 17.6 Å². The summed E-state index contributed by atoms with van der Waals surface area (Å²) in [6, 6.07) is 15.3. The van der Waals surface area contributed by atoms with Gasteiger partial charge < -0.3 is 5.32 Å². The highest BCUT2D eigenvalue weighted by atomic mass is 19.1. The molecule has 0 bridgehead atoms. The lowest BCUT2D eigenvalue weighted by Crippen LogP contribution is -2.57. The third-order valence-corrected chi connectivity index (χ3v) is 8.38. The van der Waals surface area contributed by atoms with E-state index in [1.165, 1.54) is 45.8 Å². The highest BCUT2D eigenvalue weighted by molar-refractivity contribution is 6.20. The zero-order valence-corrected chi connectivity index (χ0v) is 26.8. The maximum Gasteiger partial charge on any atom is 0.417 e. The first-order valence-corrected chi connectivity index (χ1v) is 15.0. The van der Waals surface area contributed by atoms with Crippen molar-refractivity contribution < 1.29 is 28.1 Å². The largest absolute Gasteiger partial charge is 0.417 e. The molecule has 3 aromatic rings. The van der Waals surface area contributed by atoms with Crippen LogP contribution in [-0.2, 0) is 26.2 Å². The molecule has 2 aromatic carbocycles. The lowest BCUT2D eigenvalue weighted by molar-refractivity contribution is -0.440. The van der Waals surface area contributed by atoms with E-state index in [1.807, 2.05) is 12.1 Å². The number of pyridine rings is 1. The number of nitrogens with one attached hydrogen (secondary N) is 1. The van der Waals surface area contributed by atoms with E-state index in [0.717, 1.165) is 16.0 Å². The molecule has 0 aliphatic carbocycles. The summed E-state index contributed by atoms with van der Waals surface area (Å²) in [7, 11) is 4.58. The molecule has 5 rings (SSSR count). The number of imide groups is 1. The van der Waals surface area contributed by atoms with Gasteiger partial charge in [-0.1, -0.05) is 51.1 Å². The molecule has 2 aliphatic heterocycles. The summed E-state index contributed by atoms with van der Waals surface area (Å²) in [5.74, 6) is -2.31. The van der Waals surface area contributed by atoms with Crippen molar-refractivity contribution in [1.82, 2.24) is 20.1 Å². The molecule has 1 N–H and O–H groups in total. The van der Waals surface area contributed by atoms with Crippen molar-refractivity contribution in [3.63, 3.8) is 0 Å². The van der Waals surface area contributed by atoms with Crippen LogP contribution in [0.2, 0.25) is 0 Å². The van der Waals surface area contributed by atoms with E-state index in [4.69, 9.17) is 0 Å². The molecule has 238 valence electrons. The number of likely N-dealkylation sites (N-methyl/N-ethyl adjacent to an activating group) is 1. The zero-order chi connectivity index (χ0) is 33.3. The SMILES string of the molecule is CN1C(=O)C2C=C(C(=O)N(c3ccc(C(C)(C)C)cc3)C(C(=O)NCCc3cccc(F)c3)c3cccnc3)[N+](C)=C2N(C)C1=O. The van der Waals surface area contributed by atoms with Gasteiger partial charge in [0.2, 0.25) is 5.91 Å². The minimum atomic E-state index is -1.16. The Morgan fingerprint density at radius 2 is 1.76 bits per heavy atom. The summed E-state index contributed by atoms with van der Waals surface area (Å²) in [5.41, 5.74) is 2.66. The summed E-state index contributed by atoms with van der Waals surface area (Å²) in [4.78, 5) is 62.8. The molecule has 1 fully saturated rings. The van der Waals surface area contributed by atoms with Crippen LogP contribution in [0.4, 0.5) is 14.9 Å². The standard InChI is InChI=1S/C35H37FN6O4/c1-35(2,3)24-12-14-26(15-13-24)42(33(45)28-20-27-31(39(28)4)40(5)34(46)41(6)32(27)44)29(23-10-8-17-37-21-23)30(43)38-18-16-22-9-7-11-25(36)19-22/h7-15,17,19-21,27,29H,16,18H2,1-6H3/p+1. The number of fused-ring (bicyclic) bond motifs is 1. The second kappa shape index (κ2) is 12.7. The van der Waals surface area contributed by atoms with Crippen LogP contribution in [0.1, 0.15) is 43.5 Å². The Kier molecular flexibility index (Phi) is 8.87. The maximum atomic E-state index is 14.7. The van der Waals surface area contributed by atoms with Crippen LogP contribution in [0.15, 0.2) is 84.8 Å². The Labute approximate surface area is 267 Å². The highest BCUT2D eigenvalue weighted by Crippen LogP contribution is 2.34. The number of aromatic nitrogens is 1. The van der Waals surface area contributed by atoms with Crippen LogP contribution < -0.4 is 10.2 Å². The Bertz CT molecular complexity index is 1750. The van der Waals surface area contributed by atoms with Crippen LogP contribution in [-0.4, -0.2) is 76.6 Å². The van der Waals surface area contributed by atoms with E-state index in [0.29, 0.717) is 23.5 Å². The minimum absolute atomic E-state index is 0.143. The lowest BCUT2D eigenvalue weighted by atomic mass is 9.87. The predicted octanol–water partition coefficient (Wildman–Crippen LogP) is 4.03. The van der Waals surface area contributed by atoms with E-state index in [1.54, 1.807) is 56.7 Å². The normalized spacial score (nSPS) is 17.1. The van der Waals surface area contributed by atoms with Gasteiger partial charge in [0.15, 0.2) is 11.6 Å². The monoisotopic (exact) mass is 625 g/mol. The number of benzene rings is 2. The number of amides is 5. The molecule has 1 aromatic heterocycles. The highest BCUT2D eigenvalue weighted by Gasteiger charge is 2.52. The van der Waals surface area contributed by atoms with E-state index in [-0.39, 0.29) is 23.5 Å². The van der Waals surface area contributed by atoms with Gasteiger partial charge >= 0.3 is 6.03 Å². The number of halogens is 1. The average Bonchev–Trinajstić information content (AvgIpc) is 3.38. The summed E-state index contributed by atoms with van der Waals surface area (Å²) >= 11 is 0. The molecule has 1 saturated heterocycles. The Hall–Kier alpha value is -5.19.